The summed E-state index contributed by atoms with van der Waals surface area (Å²) in [6.45, 7) is 0.802. The fourth-order valence-electron chi connectivity index (χ4n) is 1.38. The van der Waals surface area contributed by atoms with Crippen molar-refractivity contribution >= 4 is 0 Å². The maximum absolute atomic E-state index is 4.17. The van der Waals surface area contributed by atoms with Gasteiger partial charge in [-0.15, -0.1) is 10.2 Å². The Morgan fingerprint density at radius 2 is 2.25 bits per heavy atom. The molecule has 0 aliphatic heterocycles. The normalized spacial score (nSPS) is 16.8. The minimum Gasteiger partial charge on any atom is -0.317 e. The molecule has 4 nitrogen and oxygen atoms in total. The zero-order valence-electron chi connectivity index (χ0n) is 7.54. The lowest BCUT2D eigenvalue weighted by molar-refractivity contribution is 0.691. The van der Waals surface area contributed by atoms with E-state index >= 15 is 0 Å². The van der Waals surface area contributed by atoms with Gasteiger partial charge in [0, 0.05) is 13.0 Å². The van der Waals surface area contributed by atoms with Crippen LogP contribution in [0.1, 0.15) is 30.4 Å². The van der Waals surface area contributed by atoms with Crippen LogP contribution in [0.3, 0.4) is 0 Å². The zero-order valence-corrected chi connectivity index (χ0v) is 7.54. The Morgan fingerprint density at radius 1 is 1.50 bits per heavy atom. The van der Waals surface area contributed by atoms with Gasteiger partial charge in [0.15, 0.2) is 0 Å². The van der Waals surface area contributed by atoms with Crippen molar-refractivity contribution in [2.45, 2.75) is 25.3 Å². The predicted octanol–water partition coefficient (Wildman–Crippen LogP) is 0.412. The summed E-state index contributed by atoms with van der Waals surface area (Å²) in [5.74, 6) is 2.87. The first-order valence-corrected chi connectivity index (χ1v) is 4.35. The van der Waals surface area contributed by atoms with Gasteiger partial charge in [-0.25, -0.2) is 0 Å². The smallest absolute Gasteiger partial charge is 0.146 e. The fraction of sp³-hybridized carbons (Fsp3) is 0.750. The Kier molecular flexibility index (Phi) is 1.84. The Bertz CT molecular complexity index is 275. The lowest BCUT2D eigenvalue weighted by atomic mass is 10.4. The summed E-state index contributed by atoms with van der Waals surface area (Å²) in [5, 5.41) is 11.4. The van der Waals surface area contributed by atoms with Crippen molar-refractivity contribution in [2.75, 3.05) is 7.05 Å². The average Bonchev–Trinajstić information content (AvgIpc) is 2.82. The van der Waals surface area contributed by atoms with Crippen LogP contribution < -0.4 is 5.32 Å². The monoisotopic (exact) mass is 166 g/mol. The van der Waals surface area contributed by atoms with Crippen LogP contribution in [0.5, 0.6) is 0 Å². The number of hydrogen-bond donors (Lipinski definition) is 1. The third-order valence-electron chi connectivity index (χ3n) is 2.28. The van der Waals surface area contributed by atoms with Crippen molar-refractivity contribution in [2.24, 2.45) is 7.05 Å². The molecule has 12 heavy (non-hydrogen) atoms. The predicted molar refractivity (Wildman–Crippen MR) is 45.7 cm³/mol. The highest BCUT2D eigenvalue weighted by molar-refractivity contribution is 5.07. The van der Waals surface area contributed by atoms with E-state index in [2.05, 4.69) is 20.1 Å². The summed E-state index contributed by atoms with van der Waals surface area (Å²) in [4.78, 5) is 0. The number of nitrogens with one attached hydrogen (secondary N) is 1. The molecule has 1 heterocycles. The molecule has 1 N–H and O–H groups in total. The summed E-state index contributed by atoms with van der Waals surface area (Å²) >= 11 is 0. The van der Waals surface area contributed by atoms with Crippen LogP contribution in [-0.4, -0.2) is 21.8 Å². The Hall–Kier alpha value is -0.900. The minimum absolute atomic E-state index is 0.688. The van der Waals surface area contributed by atoms with Gasteiger partial charge in [0.05, 0.1) is 6.54 Å². The van der Waals surface area contributed by atoms with E-state index in [4.69, 9.17) is 0 Å². The van der Waals surface area contributed by atoms with Crippen molar-refractivity contribution in [3.63, 3.8) is 0 Å². The molecule has 1 aromatic heterocycles. The second kappa shape index (κ2) is 2.86. The van der Waals surface area contributed by atoms with Crippen molar-refractivity contribution in [3.8, 4) is 0 Å². The van der Waals surface area contributed by atoms with Crippen molar-refractivity contribution < 1.29 is 0 Å². The molecule has 1 aromatic rings. The second-order valence-corrected chi connectivity index (χ2v) is 3.34. The average molecular weight is 166 g/mol. The van der Waals surface area contributed by atoms with E-state index in [9.17, 15) is 0 Å². The fourth-order valence-corrected chi connectivity index (χ4v) is 1.38. The first kappa shape index (κ1) is 7.73. The Balaban J connectivity index is 2.21. The van der Waals surface area contributed by atoms with Crippen molar-refractivity contribution in [1.29, 1.82) is 0 Å². The van der Waals surface area contributed by atoms with Gasteiger partial charge in [-0.3, -0.25) is 0 Å². The SMILES string of the molecule is CNCc1nnc(C2CC2)n1C. The third kappa shape index (κ3) is 1.22. The highest BCUT2D eigenvalue weighted by Gasteiger charge is 2.28. The number of aromatic nitrogens is 3. The molecule has 0 saturated heterocycles. The summed E-state index contributed by atoms with van der Waals surface area (Å²) < 4.78 is 2.11. The molecule has 66 valence electrons. The minimum atomic E-state index is 0.688. The van der Waals surface area contributed by atoms with Crippen LogP contribution in [0.2, 0.25) is 0 Å². The van der Waals surface area contributed by atoms with E-state index in [1.807, 2.05) is 14.1 Å². The highest BCUT2D eigenvalue weighted by atomic mass is 15.3. The number of nitrogens with zero attached hydrogens (tertiary/aromatic N) is 3. The number of hydrogen-bond acceptors (Lipinski definition) is 3. The van der Waals surface area contributed by atoms with E-state index in [0.717, 1.165) is 18.2 Å². The van der Waals surface area contributed by atoms with Crippen molar-refractivity contribution in [1.82, 2.24) is 20.1 Å². The van der Waals surface area contributed by atoms with Crippen LogP contribution in [0.25, 0.3) is 0 Å². The lowest BCUT2D eigenvalue weighted by Gasteiger charge is -2.00. The van der Waals surface area contributed by atoms with Gasteiger partial charge >= 0.3 is 0 Å². The molecular formula is C8H14N4. The van der Waals surface area contributed by atoms with E-state index in [1.165, 1.54) is 12.8 Å². The molecule has 1 saturated carbocycles. The molecule has 0 bridgehead atoms. The maximum atomic E-state index is 4.17. The molecule has 4 heteroatoms. The van der Waals surface area contributed by atoms with Gasteiger partial charge in [0.25, 0.3) is 0 Å². The van der Waals surface area contributed by atoms with Gasteiger partial charge in [0.2, 0.25) is 0 Å². The molecule has 0 spiro atoms. The van der Waals surface area contributed by atoms with Gasteiger partial charge in [-0.2, -0.15) is 0 Å². The van der Waals surface area contributed by atoms with E-state index in [0.29, 0.717) is 5.92 Å². The Labute approximate surface area is 72.0 Å². The quantitative estimate of drug-likeness (QED) is 0.707. The molecular weight excluding hydrogens is 152 g/mol. The molecule has 1 fully saturated rings. The molecule has 0 radical (unpaired) electrons. The van der Waals surface area contributed by atoms with Gasteiger partial charge in [-0.1, -0.05) is 0 Å². The first-order chi connectivity index (χ1) is 5.83. The van der Waals surface area contributed by atoms with Gasteiger partial charge in [-0.05, 0) is 19.9 Å². The van der Waals surface area contributed by atoms with Crippen LogP contribution in [-0.2, 0) is 13.6 Å². The van der Waals surface area contributed by atoms with E-state index in [-0.39, 0.29) is 0 Å². The van der Waals surface area contributed by atoms with Gasteiger partial charge < -0.3 is 9.88 Å². The third-order valence-corrected chi connectivity index (χ3v) is 2.28. The summed E-state index contributed by atoms with van der Waals surface area (Å²) in [7, 11) is 3.96. The van der Waals surface area contributed by atoms with Gasteiger partial charge in [0.1, 0.15) is 11.6 Å². The summed E-state index contributed by atoms with van der Waals surface area (Å²) in [5.41, 5.74) is 0. The lowest BCUT2D eigenvalue weighted by Crippen LogP contribution is -2.11. The highest BCUT2D eigenvalue weighted by Crippen LogP contribution is 2.38. The molecule has 0 aromatic carbocycles. The standard InChI is InChI=1S/C8H14N4/c1-9-5-7-10-11-8(12(7)2)6-3-4-6/h6,9H,3-5H2,1-2H3. The Morgan fingerprint density at radius 3 is 2.83 bits per heavy atom. The molecule has 0 atom stereocenters. The summed E-state index contributed by atoms with van der Waals surface area (Å²) in [6, 6.07) is 0. The van der Waals surface area contributed by atoms with Crippen LogP contribution in [0.4, 0.5) is 0 Å². The van der Waals surface area contributed by atoms with Crippen molar-refractivity contribution in [3.05, 3.63) is 11.6 Å². The summed E-state index contributed by atoms with van der Waals surface area (Å²) in [6.07, 6.45) is 2.57. The maximum Gasteiger partial charge on any atom is 0.146 e. The van der Waals surface area contributed by atoms with Crippen LogP contribution >= 0.6 is 0 Å². The molecule has 1 aliphatic carbocycles. The largest absolute Gasteiger partial charge is 0.317 e. The molecule has 2 rings (SSSR count). The topological polar surface area (TPSA) is 42.7 Å². The second-order valence-electron chi connectivity index (χ2n) is 3.34. The zero-order chi connectivity index (χ0) is 8.55. The van der Waals surface area contributed by atoms with E-state index in [1.54, 1.807) is 0 Å². The molecule has 1 aliphatic rings. The first-order valence-electron chi connectivity index (χ1n) is 4.35. The number of rotatable bonds is 3. The molecule has 0 unspecified atom stereocenters. The van der Waals surface area contributed by atoms with Crippen LogP contribution in [0.15, 0.2) is 0 Å². The molecule has 0 amide bonds. The van der Waals surface area contributed by atoms with Crippen LogP contribution in [0, 0.1) is 0 Å². The van der Waals surface area contributed by atoms with E-state index < -0.39 is 0 Å².